The van der Waals surface area contributed by atoms with Crippen LogP contribution in [-0.4, -0.2) is 56.1 Å². The van der Waals surface area contributed by atoms with E-state index in [1.807, 2.05) is 31.2 Å². The first-order chi connectivity index (χ1) is 15.2. The standard InChI is InChI=1S/C24H31N3O4/c1-2-30-21-13-7-6-12-20(21)26-24(29)23(28)25-14-8-9-15-27-16-17-31-22(18-27)19-10-4-3-5-11-19/h3-7,10-13,22H,2,8-9,14-18H2,1H3,(H,25,28)(H,26,29). The van der Waals surface area contributed by atoms with Gasteiger partial charge in [0.25, 0.3) is 0 Å². The van der Waals surface area contributed by atoms with Crippen molar-refractivity contribution < 1.29 is 19.1 Å². The van der Waals surface area contributed by atoms with E-state index in [0.29, 0.717) is 24.6 Å². The van der Waals surface area contributed by atoms with E-state index >= 15 is 0 Å². The maximum atomic E-state index is 12.1. The average Bonchev–Trinajstić information content (AvgIpc) is 2.81. The molecule has 7 nitrogen and oxygen atoms in total. The van der Waals surface area contributed by atoms with Gasteiger partial charge in [-0.3, -0.25) is 14.5 Å². The third-order valence-electron chi connectivity index (χ3n) is 5.15. The molecule has 0 aromatic heterocycles. The van der Waals surface area contributed by atoms with E-state index in [1.165, 1.54) is 5.56 Å². The SMILES string of the molecule is CCOc1ccccc1NC(=O)C(=O)NCCCCN1CCOC(c2ccccc2)C1. The molecule has 2 aromatic rings. The third kappa shape index (κ3) is 7.08. The molecule has 0 spiro atoms. The van der Waals surface area contributed by atoms with Crippen LogP contribution in [0, 0.1) is 0 Å². The number of morpholine rings is 1. The van der Waals surface area contributed by atoms with Gasteiger partial charge in [0.05, 0.1) is 25.0 Å². The van der Waals surface area contributed by atoms with Gasteiger partial charge in [-0.15, -0.1) is 0 Å². The van der Waals surface area contributed by atoms with Crippen LogP contribution < -0.4 is 15.4 Å². The monoisotopic (exact) mass is 425 g/mol. The number of hydrogen-bond donors (Lipinski definition) is 2. The van der Waals surface area contributed by atoms with Crippen LogP contribution in [0.15, 0.2) is 54.6 Å². The highest BCUT2D eigenvalue weighted by Gasteiger charge is 2.21. The summed E-state index contributed by atoms with van der Waals surface area (Å²) < 4.78 is 11.4. The molecular formula is C24H31N3O4. The number of para-hydroxylation sites is 2. The number of anilines is 1. The minimum Gasteiger partial charge on any atom is -0.492 e. The highest BCUT2D eigenvalue weighted by atomic mass is 16.5. The van der Waals surface area contributed by atoms with Crippen molar-refractivity contribution in [2.75, 3.05) is 44.7 Å². The molecule has 0 radical (unpaired) electrons. The van der Waals surface area contributed by atoms with Crippen molar-refractivity contribution in [1.82, 2.24) is 10.2 Å². The van der Waals surface area contributed by atoms with Gasteiger partial charge in [0.2, 0.25) is 0 Å². The summed E-state index contributed by atoms with van der Waals surface area (Å²) in [6, 6.07) is 17.3. The Labute approximate surface area is 183 Å². The van der Waals surface area contributed by atoms with Crippen LogP contribution in [0.5, 0.6) is 5.75 Å². The fourth-order valence-electron chi connectivity index (χ4n) is 3.55. The zero-order chi connectivity index (χ0) is 21.9. The van der Waals surface area contributed by atoms with Crippen LogP contribution >= 0.6 is 0 Å². The summed E-state index contributed by atoms with van der Waals surface area (Å²) in [4.78, 5) is 26.6. The van der Waals surface area contributed by atoms with Crippen LogP contribution in [-0.2, 0) is 14.3 Å². The molecule has 1 unspecified atom stereocenters. The molecule has 1 saturated heterocycles. The molecule has 3 rings (SSSR count). The summed E-state index contributed by atoms with van der Waals surface area (Å²) in [7, 11) is 0. The van der Waals surface area contributed by atoms with Crippen molar-refractivity contribution in [3.8, 4) is 5.75 Å². The van der Waals surface area contributed by atoms with Gasteiger partial charge in [-0.05, 0) is 44.0 Å². The fraction of sp³-hybridized carbons (Fsp3) is 0.417. The van der Waals surface area contributed by atoms with Crippen LogP contribution in [0.3, 0.4) is 0 Å². The molecular weight excluding hydrogens is 394 g/mol. The van der Waals surface area contributed by atoms with Crippen molar-refractivity contribution >= 4 is 17.5 Å². The topological polar surface area (TPSA) is 79.9 Å². The van der Waals surface area contributed by atoms with E-state index in [1.54, 1.807) is 18.2 Å². The second-order valence-electron chi connectivity index (χ2n) is 7.42. The van der Waals surface area contributed by atoms with E-state index in [-0.39, 0.29) is 6.10 Å². The summed E-state index contributed by atoms with van der Waals surface area (Å²) in [6.45, 7) is 6.26. The number of nitrogens with one attached hydrogen (secondary N) is 2. The predicted octanol–water partition coefficient (Wildman–Crippen LogP) is 2.99. The second kappa shape index (κ2) is 12.1. The Morgan fingerprint density at radius 1 is 1.06 bits per heavy atom. The first kappa shape index (κ1) is 22.8. The highest BCUT2D eigenvalue weighted by molar-refractivity contribution is 6.39. The minimum atomic E-state index is -0.689. The van der Waals surface area contributed by atoms with E-state index in [0.717, 1.165) is 39.1 Å². The van der Waals surface area contributed by atoms with Gasteiger partial charge in [-0.1, -0.05) is 42.5 Å². The maximum absolute atomic E-state index is 12.1. The molecule has 1 aliphatic rings. The number of carbonyl (C=O) groups is 2. The van der Waals surface area contributed by atoms with E-state index < -0.39 is 11.8 Å². The third-order valence-corrected chi connectivity index (χ3v) is 5.15. The molecule has 1 heterocycles. The summed E-state index contributed by atoms with van der Waals surface area (Å²) in [5, 5.41) is 5.30. The maximum Gasteiger partial charge on any atom is 0.313 e. The van der Waals surface area contributed by atoms with Crippen molar-refractivity contribution in [2.24, 2.45) is 0 Å². The lowest BCUT2D eigenvalue weighted by atomic mass is 10.1. The second-order valence-corrected chi connectivity index (χ2v) is 7.42. The molecule has 0 bridgehead atoms. The molecule has 0 aliphatic carbocycles. The first-order valence-corrected chi connectivity index (χ1v) is 10.9. The number of nitrogens with zero attached hydrogens (tertiary/aromatic N) is 1. The Hall–Kier alpha value is -2.90. The number of benzene rings is 2. The Morgan fingerprint density at radius 3 is 2.65 bits per heavy atom. The molecule has 1 aliphatic heterocycles. The molecule has 166 valence electrons. The lowest BCUT2D eigenvalue weighted by molar-refractivity contribution is -0.136. The van der Waals surface area contributed by atoms with E-state index in [2.05, 4.69) is 27.7 Å². The minimum absolute atomic E-state index is 0.109. The highest BCUT2D eigenvalue weighted by Crippen LogP contribution is 2.23. The summed E-state index contributed by atoms with van der Waals surface area (Å²) in [5.74, 6) is -0.779. The lowest BCUT2D eigenvalue weighted by Crippen LogP contribution is -2.39. The van der Waals surface area contributed by atoms with Gasteiger partial charge in [-0.25, -0.2) is 0 Å². The van der Waals surface area contributed by atoms with Crippen molar-refractivity contribution in [2.45, 2.75) is 25.9 Å². The lowest BCUT2D eigenvalue weighted by Gasteiger charge is -2.33. The number of ether oxygens (including phenoxy) is 2. The number of rotatable bonds is 9. The van der Waals surface area contributed by atoms with Gasteiger partial charge >= 0.3 is 11.8 Å². The summed E-state index contributed by atoms with van der Waals surface area (Å²) >= 11 is 0. The van der Waals surface area contributed by atoms with Crippen molar-refractivity contribution in [3.63, 3.8) is 0 Å². The summed E-state index contributed by atoms with van der Waals surface area (Å²) in [5.41, 5.74) is 1.70. The van der Waals surface area contributed by atoms with Crippen molar-refractivity contribution in [3.05, 3.63) is 60.2 Å². The molecule has 1 atom stereocenters. The number of unbranched alkanes of at least 4 members (excludes halogenated alkanes) is 1. The van der Waals surface area contributed by atoms with Crippen molar-refractivity contribution in [1.29, 1.82) is 0 Å². The van der Waals surface area contributed by atoms with Gasteiger partial charge < -0.3 is 20.1 Å². The smallest absolute Gasteiger partial charge is 0.313 e. The Kier molecular flexibility index (Phi) is 8.87. The first-order valence-electron chi connectivity index (χ1n) is 10.9. The zero-order valence-corrected chi connectivity index (χ0v) is 18.0. The normalized spacial score (nSPS) is 16.5. The van der Waals surface area contributed by atoms with Crippen LogP contribution in [0.4, 0.5) is 5.69 Å². The molecule has 2 amide bonds. The van der Waals surface area contributed by atoms with Gasteiger partial charge in [0.15, 0.2) is 0 Å². The van der Waals surface area contributed by atoms with Crippen LogP contribution in [0.25, 0.3) is 0 Å². The fourth-order valence-corrected chi connectivity index (χ4v) is 3.55. The number of hydrogen-bond acceptors (Lipinski definition) is 5. The van der Waals surface area contributed by atoms with Gasteiger partial charge in [0.1, 0.15) is 5.75 Å². The average molecular weight is 426 g/mol. The van der Waals surface area contributed by atoms with E-state index in [9.17, 15) is 9.59 Å². The van der Waals surface area contributed by atoms with Gasteiger partial charge in [-0.2, -0.15) is 0 Å². The molecule has 1 fully saturated rings. The predicted molar refractivity (Wildman–Crippen MR) is 120 cm³/mol. The van der Waals surface area contributed by atoms with Crippen LogP contribution in [0.1, 0.15) is 31.4 Å². The Balaban J connectivity index is 1.34. The molecule has 7 heteroatoms. The Morgan fingerprint density at radius 2 is 1.84 bits per heavy atom. The Bertz CT molecular complexity index is 844. The van der Waals surface area contributed by atoms with E-state index in [4.69, 9.17) is 9.47 Å². The molecule has 0 saturated carbocycles. The molecule has 2 N–H and O–H groups in total. The molecule has 31 heavy (non-hydrogen) atoms. The number of amides is 2. The van der Waals surface area contributed by atoms with Crippen LogP contribution in [0.2, 0.25) is 0 Å². The number of carbonyl (C=O) groups excluding carboxylic acids is 2. The zero-order valence-electron chi connectivity index (χ0n) is 18.0. The quantitative estimate of drug-likeness (QED) is 0.477. The molecule has 2 aromatic carbocycles. The summed E-state index contributed by atoms with van der Waals surface area (Å²) in [6.07, 6.45) is 1.86. The van der Waals surface area contributed by atoms with Gasteiger partial charge in [0, 0.05) is 19.6 Å². The largest absolute Gasteiger partial charge is 0.492 e.